The minimum atomic E-state index is -0.625. The third-order valence-electron chi connectivity index (χ3n) is 2.60. The molecule has 2 rings (SSSR count). The van der Waals surface area contributed by atoms with E-state index in [1.54, 1.807) is 0 Å². The van der Waals surface area contributed by atoms with Gasteiger partial charge in [0.2, 0.25) is 0 Å². The van der Waals surface area contributed by atoms with E-state index >= 15 is 0 Å². The van der Waals surface area contributed by atoms with Crippen LogP contribution in [0.15, 0.2) is 53.0 Å². The van der Waals surface area contributed by atoms with E-state index in [0.717, 1.165) is 5.56 Å². The molecular weight excluding hydrogens is 340 g/mol. The maximum Gasteiger partial charge on any atom is 0.411 e. The first-order chi connectivity index (χ1) is 10.1. The molecule has 0 heterocycles. The van der Waals surface area contributed by atoms with Gasteiger partial charge in [-0.1, -0.05) is 30.3 Å². The topological polar surface area (TPSA) is 81.5 Å². The number of amides is 1. The second-order valence-electron chi connectivity index (χ2n) is 4.11. The molecule has 2 aromatic carbocycles. The molecule has 0 aliphatic carbocycles. The predicted octanol–water partition coefficient (Wildman–Crippen LogP) is 4.11. The smallest absolute Gasteiger partial charge is 0.411 e. The fourth-order valence-electron chi connectivity index (χ4n) is 1.61. The fourth-order valence-corrected chi connectivity index (χ4v) is 2.13. The van der Waals surface area contributed by atoms with E-state index in [4.69, 9.17) is 4.74 Å². The summed E-state index contributed by atoms with van der Waals surface area (Å²) in [6, 6.07) is 13.4. The number of hydrogen-bond acceptors (Lipinski definition) is 4. The van der Waals surface area contributed by atoms with Crippen LogP contribution in [-0.4, -0.2) is 11.0 Å². The molecule has 0 unspecified atom stereocenters. The standard InChI is InChI=1S/C14H11BrN2O4/c15-12-8-11(6-7-13(12)17(19)20)16-14(18)21-9-10-4-2-1-3-5-10/h1-8H,9H2,(H,16,18). The quantitative estimate of drug-likeness (QED) is 0.664. The normalized spacial score (nSPS) is 9.95. The van der Waals surface area contributed by atoms with Crippen molar-refractivity contribution in [1.29, 1.82) is 0 Å². The highest BCUT2D eigenvalue weighted by Gasteiger charge is 2.13. The highest BCUT2D eigenvalue weighted by atomic mass is 79.9. The van der Waals surface area contributed by atoms with E-state index in [1.807, 2.05) is 30.3 Å². The molecule has 0 aliphatic heterocycles. The Balaban J connectivity index is 1.94. The molecule has 6 nitrogen and oxygen atoms in total. The van der Waals surface area contributed by atoms with Crippen LogP contribution in [0, 0.1) is 10.1 Å². The molecule has 0 atom stereocenters. The Hall–Kier alpha value is -2.41. The molecule has 0 aliphatic rings. The lowest BCUT2D eigenvalue weighted by molar-refractivity contribution is -0.385. The number of nitrogens with zero attached hydrogens (tertiary/aromatic N) is 1. The van der Waals surface area contributed by atoms with Crippen molar-refractivity contribution in [2.75, 3.05) is 5.32 Å². The van der Waals surface area contributed by atoms with E-state index in [2.05, 4.69) is 21.2 Å². The van der Waals surface area contributed by atoms with Crippen molar-refractivity contribution >= 4 is 33.4 Å². The number of ether oxygens (including phenoxy) is 1. The molecule has 0 spiro atoms. The number of nitrogens with one attached hydrogen (secondary N) is 1. The fraction of sp³-hybridized carbons (Fsp3) is 0.0714. The van der Waals surface area contributed by atoms with Crippen molar-refractivity contribution in [3.05, 3.63) is 68.7 Å². The second-order valence-corrected chi connectivity index (χ2v) is 4.96. The zero-order valence-electron chi connectivity index (χ0n) is 10.8. The van der Waals surface area contributed by atoms with Crippen LogP contribution in [0.5, 0.6) is 0 Å². The minimum absolute atomic E-state index is 0.0711. The highest BCUT2D eigenvalue weighted by molar-refractivity contribution is 9.10. The highest BCUT2D eigenvalue weighted by Crippen LogP contribution is 2.27. The first-order valence-corrected chi connectivity index (χ1v) is 6.77. The van der Waals surface area contributed by atoms with E-state index in [9.17, 15) is 14.9 Å². The second kappa shape index (κ2) is 6.85. The lowest BCUT2D eigenvalue weighted by Crippen LogP contribution is -2.13. The summed E-state index contributed by atoms with van der Waals surface area (Å²) in [6.45, 7) is 0.154. The summed E-state index contributed by atoms with van der Waals surface area (Å²) in [7, 11) is 0. The number of carbonyl (C=O) groups is 1. The van der Waals surface area contributed by atoms with Crippen LogP contribution in [0.1, 0.15) is 5.56 Å². The molecule has 1 N–H and O–H groups in total. The molecule has 0 radical (unpaired) electrons. The summed E-state index contributed by atoms with van der Waals surface area (Å²) in [4.78, 5) is 21.8. The van der Waals surface area contributed by atoms with Crippen LogP contribution < -0.4 is 5.32 Å². The minimum Gasteiger partial charge on any atom is -0.444 e. The van der Waals surface area contributed by atoms with Gasteiger partial charge in [0.05, 0.1) is 9.40 Å². The number of nitro groups is 1. The van der Waals surface area contributed by atoms with E-state index in [-0.39, 0.29) is 16.8 Å². The summed E-state index contributed by atoms with van der Waals surface area (Å²) in [5.74, 6) is 0. The lowest BCUT2D eigenvalue weighted by Gasteiger charge is -2.07. The Bertz CT molecular complexity index is 661. The van der Waals surface area contributed by atoms with Crippen molar-refractivity contribution in [3.63, 3.8) is 0 Å². The van der Waals surface area contributed by atoms with Gasteiger partial charge in [-0.05, 0) is 33.6 Å². The van der Waals surface area contributed by atoms with Gasteiger partial charge in [-0.25, -0.2) is 4.79 Å². The van der Waals surface area contributed by atoms with Gasteiger partial charge in [-0.2, -0.15) is 0 Å². The van der Waals surface area contributed by atoms with Gasteiger partial charge >= 0.3 is 6.09 Å². The van der Waals surface area contributed by atoms with Crippen LogP contribution in [0.3, 0.4) is 0 Å². The predicted molar refractivity (Wildman–Crippen MR) is 81.0 cm³/mol. The van der Waals surface area contributed by atoms with Crippen LogP contribution >= 0.6 is 15.9 Å². The van der Waals surface area contributed by atoms with Gasteiger partial charge < -0.3 is 4.74 Å². The first-order valence-electron chi connectivity index (χ1n) is 5.98. The van der Waals surface area contributed by atoms with Crippen molar-refractivity contribution in [3.8, 4) is 0 Å². The van der Waals surface area contributed by atoms with Crippen molar-refractivity contribution < 1.29 is 14.5 Å². The van der Waals surface area contributed by atoms with Crippen LogP contribution in [-0.2, 0) is 11.3 Å². The van der Waals surface area contributed by atoms with Crippen LogP contribution in [0.25, 0.3) is 0 Å². The monoisotopic (exact) mass is 350 g/mol. The van der Waals surface area contributed by atoms with Crippen LogP contribution in [0.4, 0.5) is 16.2 Å². The number of rotatable bonds is 4. The third-order valence-corrected chi connectivity index (χ3v) is 3.24. The molecule has 2 aromatic rings. The summed E-state index contributed by atoms with van der Waals surface area (Å²) >= 11 is 3.08. The maximum atomic E-state index is 11.6. The number of benzene rings is 2. The number of carbonyl (C=O) groups excluding carboxylic acids is 1. The number of anilines is 1. The average Bonchev–Trinajstić information content (AvgIpc) is 2.46. The third kappa shape index (κ3) is 4.28. The molecule has 0 aromatic heterocycles. The zero-order chi connectivity index (χ0) is 15.2. The molecule has 0 fully saturated rings. The summed E-state index contributed by atoms with van der Waals surface area (Å²) in [5, 5.41) is 13.2. The average molecular weight is 351 g/mol. The van der Waals surface area contributed by atoms with Gasteiger partial charge in [0.1, 0.15) is 6.61 Å². The molecule has 0 bridgehead atoms. The number of nitro benzene ring substituents is 1. The van der Waals surface area contributed by atoms with Crippen molar-refractivity contribution in [2.24, 2.45) is 0 Å². The first kappa shape index (κ1) is 15.0. The summed E-state index contributed by atoms with van der Waals surface area (Å²) in [5.41, 5.74) is 1.21. The Kier molecular flexibility index (Phi) is 4.89. The Morgan fingerprint density at radius 3 is 2.57 bits per heavy atom. The Morgan fingerprint density at radius 2 is 1.95 bits per heavy atom. The molecule has 108 valence electrons. The van der Waals surface area contributed by atoms with Gasteiger partial charge in [-0.15, -0.1) is 0 Å². The van der Waals surface area contributed by atoms with Gasteiger partial charge in [0.25, 0.3) is 5.69 Å². The Labute approximate surface area is 129 Å². The molecule has 7 heteroatoms. The van der Waals surface area contributed by atoms with Crippen LogP contribution in [0.2, 0.25) is 0 Å². The van der Waals surface area contributed by atoms with E-state index < -0.39 is 11.0 Å². The Morgan fingerprint density at radius 1 is 1.24 bits per heavy atom. The molecular formula is C14H11BrN2O4. The molecule has 1 amide bonds. The number of hydrogen-bond donors (Lipinski definition) is 1. The van der Waals surface area contributed by atoms with Gasteiger partial charge in [0.15, 0.2) is 0 Å². The van der Waals surface area contributed by atoms with Gasteiger partial charge in [-0.3, -0.25) is 15.4 Å². The molecule has 0 saturated carbocycles. The lowest BCUT2D eigenvalue weighted by atomic mass is 10.2. The van der Waals surface area contributed by atoms with Gasteiger partial charge in [0, 0.05) is 11.8 Å². The summed E-state index contributed by atoms with van der Waals surface area (Å²) in [6.07, 6.45) is -0.625. The largest absolute Gasteiger partial charge is 0.444 e. The SMILES string of the molecule is O=C(Nc1ccc([N+](=O)[O-])c(Br)c1)OCc1ccccc1. The van der Waals surface area contributed by atoms with E-state index in [0.29, 0.717) is 5.69 Å². The molecule has 0 saturated heterocycles. The molecule has 21 heavy (non-hydrogen) atoms. The van der Waals surface area contributed by atoms with Crippen molar-refractivity contribution in [1.82, 2.24) is 0 Å². The van der Waals surface area contributed by atoms with E-state index in [1.165, 1.54) is 18.2 Å². The zero-order valence-corrected chi connectivity index (χ0v) is 12.4. The number of halogens is 1. The van der Waals surface area contributed by atoms with Crippen molar-refractivity contribution in [2.45, 2.75) is 6.61 Å². The maximum absolute atomic E-state index is 11.6. The summed E-state index contributed by atoms with van der Waals surface area (Å²) < 4.78 is 5.34.